The van der Waals surface area contributed by atoms with E-state index in [9.17, 15) is 18.3 Å². The highest BCUT2D eigenvalue weighted by Crippen LogP contribution is 2.42. The van der Waals surface area contributed by atoms with E-state index >= 15 is 4.39 Å². The lowest BCUT2D eigenvalue weighted by Gasteiger charge is -2.23. The molecule has 1 fully saturated rings. The predicted molar refractivity (Wildman–Crippen MR) is 157 cm³/mol. The highest BCUT2D eigenvalue weighted by molar-refractivity contribution is 7.92. The molecule has 0 spiro atoms. The first-order chi connectivity index (χ1) is 20.2. The van der Waals surface area contributed by atoms with E-state index in [1.807, 2.05) is 6.07 Å². The summed E-state index contributed by atoms with van der Waals surface area (Å²) in [6.45, 7) is 2.85. The van der Waals surface area contributed by atoms with Gasteiger partial charge in [0, 0.05) is 36.5 Å². The van der Waals surface area contributed by atoms with Crippen molar-refractivity contribution < 1.29 is 32.2 Å². The van der Waals surface area contributed by atoms with Crippen molar-refractivity contribution in [2.75, 3.05) is 25.4 Å². The summed E-state index contributed by atoms with van der Waals surface area (Å²) in [6, 6.07) is 13.9. The van der Waals surface area contributed by atoms with Crippen molar-refractivity contribution >= 4 is 15.8 Å². The summed E-state index contributed by atoms with van der Waals surface area (Å²) in [5.41, 5.74) is 3.89. The van der Waals surface area contributed by atoms with Crippen LogP contribution in [0.5, 0.6) is 11.6 Å². The molecule has 42 heavy (non-hydrogen) atoms. The third-order valence-corrected chi connectivity index (χ3v) is 9.91. The first kappa shape index (κ1) is 29.5. The number of benzene rings is 2. The number of carbonyl (C=O) groups is 1. The van der Waals surface area contributed by atoms with Gasteiger partial charge in [-0.25, -0.2) is 17.8 Å². The predicted octanol–water partition coefficient (Wildman–Crippen LogP) is 4.69. The van der Waals surface area contributed by atoms with E-state index in [4.69, 9.17) is 9.47 Å². The number of hydrogen-bond donors (Lipinski definition) is 2. The van der Waals surface area contributed by atoms with Gasteiger partial charge in [0.05, 0.1) is 29.9 Å². The third-order valence-electron chi connectivity index (χ3n) is 7.72. The van der Waals surface area contributed by atoms with Crippen LogP contribution in [0.25, 0.3) is 11.1 Å². The summed E-state index contributed by atoms with van der Waals surface area (Å²) in [4.78, 5) is 15.6. The summed E-state index contributed by atoms with van der Waals surface area (Å²) in [6.07, 6.45) is 2.78. The van der Waals surface area contributed by atoms with E-state index in [0.717, 1.165) is 22.3 Å². The number of nitrogens with one attached hydrogen (secondary N) is 1. The Balaban J connectivity index is 1.26. The standard InChI is InChI=1S/C32H33FN2O6S/c1-2-3-22(18-31(36)37)21-4-7-24(8-5-21)41-29-12-10-27-26(9-11-28(33)32(27)29)23-6-13-30(35-19-23)40-16-14-25-20-34-15-17-42(25,38)39/h4-9,11,13,19,22,25,29,34H,10,12,14-18,20H2,1H3,(H,36,37)/t22?,25?,29-/m1/s1. The monoisotopic (exact) mass is 592 g/mol. The maximum atomic E-state index is 15.1. The minimum absolute atomic E-state index is 0.0878. The van der Waals surface area contributed by atoms with E-state index in [0.29, 0.717) is 49.5 Å². The number of pyridine rings is 1. The molecule has 0 bridgehead atoms. The van der Waals surface area contributed by atoms with Crippen LogP contribution in [0.3, 0.4) is 0 Å². The van der Waals surface area contributed by atoms with Gasteiger partial charge in [-0.3, -0.25) is 4.79 Å². The minimum Gasteiger partial charge on any atom is -0.486 e. The van der Waals surface area contributed by atoms with Crippen molar-refractivity contribution in [2.24, 2.45) is 0 Å². The van der Waals surface area contributed by atoms with Crippen LogP contribution in [0, 0.1) is 17.7 Å². The van der Waals surface area contributed by atoms with Crippen molar-refractivity contribution in [2.45, 2.75) is 49.9 Å². The molecule has 2 heterocycles. The fraction of sp³-hybridized carbons (Fsp3) is 0.375. The highest BCUT2D eigenvalue weighted by atomic mass is 32.2. The summed E-state index contributed by atoms with van der Waals surface area (Å²) < 4.78 is 51.4. The van der Waals surface area contributed by atoms with E-state index < -0.39 is 33.1 Å². The van der Waals surface area contributed by atoms with Gasteiger partial charge in [-0.2, -0.15) is 0 Å². The van der Waals surface area contributed by atoms with Crippen LogP contribution in [0.2, 0.25) is 0 Å². The minimum atomic E-state index is -3.09. The third kappa shape index (κ3) is 6.75. The molecule has 0 saturated carbocycles. The first-order valence-electron chi connectivity index (χ1n) is 14.0. The summed E-state index contributed by atoms with van der Waals surface area (Å²) in [7, 11) is -3.09. The molecule has 10 heteroatoms. The summed E-state index contributed by atoms with van der Waals surface area (Å²) in [5, 5.41) is 11.8. The average Bonchev–Trinajstić information content (AvgIpc) is 3.39. The summed E-state index contributed by atoms with van der Waals surface area (Å²) >= 11 is 0. The molecule has 0 amide bonds. The zero-order valence-corrected chi connectivity index (χ0v) is 24.1. The molecule has 3 aromatic rings. The van der Waals surface area contributed by atoms with Crippen LogP contribution in [0.4, 0.5) is 4.39 Å². The smallest absolute Gasteiger partial charge is 0.304 e. The molecule has 5 rings (SSSR count). The van der Waals surface area contributed by atoms with Gasteiger partial charge in [0.15, 0.2) is 9.84 Å². The Kier molecular flexibility index (Phi) is 9.09. The fourth-order valence-electron chi connectivity index (χ4n) is 5.58. The van der Waals surface area contributed by atoms with Crippen molar-refractivity contribution in [3.63, 3.8) is 0 Å². The Morgan fingerprint density at radius 1 is 1.19 bits per heavy atom. The van der Waals surface area contributed by atoms with Crippen LogP contribution < -0.4 is 14.8 Å². The molecule has 2 unspecified atom stereocenters. The number of ether oxygens (including phenoxy) is 2. The number of carboxylic acid groups (broad SMARTS) is 1. The zero-order chi connectivity index (χ0) is 29.7. The second-order valence-corrected chi connectivity index (χ2v) is 12.9. The number of hydrogen-bond acceptors (Lipinski definition) is 7. The van der Waals surface area contributed by atoms with Crippen LogP contribution in [-0.4, -0.2) is 55.2 Å². The lowest BCUT2D eigenvalue weighted by Crippen LogP contribution is -2.44. The molecule has 8 nitrogen and oxygen atoms in total. The number of halogens is 1. The van der Waals surface area contributed by atoms with E-state index in [1.54, 1.807) is 49.5 Å². The second-order valence-electron chi connectivity index (χ2n) is 10.5. The van der Waals surface area contributed by atoms with Crippen LogP contribution in [0.1, 0.15) is 54.9 Å². The lowest BCUT2D eigenvalue weighted by atomic mass is 9.96. The molecule has 2 aromatic carbocycles. The van der Waals surface area contributed by atoms with Crippen LogP contribution in [0.15, 0.2) is 54.7 Å². The average molecular weight is 593 g/mol. The van der Waals surface area contributed by atoms with E-state index in [2.05, 4.69) is 22.1 Å². The SMILES string of the molecule is CC#CC(CC(=O)O)c1ccc(O[C@@H]2CCc3c(-c4ccc(OCCC5CNCCS5(=O)=O)nc4)ccc(F)c32)cc1. The quantitative estimate of drug-likeness (QED) is 0.326. The van der Waals surface area contributed by atoms with Gasteiger partial charge in [0.25, 0.3) is 0 Å². The van der Waals surface area contributed by atoms with Crippen molar-refractivity contribution in [1.82, 2.24) is 10.3 Å². The van der Waals surface area contributed by atoms with Gasteiger partial charge < -0.3 is 19.9 Å². The largest absolute Gasteiger partial charge is 0.486 e. The van der Waals surface area contributed by atoms with Crippen molar-refractivity contribution in [1.29, 1.82) is 0 Å². The second kappa shape index (κ2) is 12.9. The highest BCUT2D eigenvalue weighted by Gasteiger charge is 2.31. The molecular weight excluding hydrogens is 559 g/mol. The Morgan fingerprint density at radius 3 is 2.69 bits per heavy atom. The van der Waals surface area contributed by atoms with Gasteiger partial charge in [-0.15, -0.1) is 5.92 Å². The Labute approximate surface area is 245 Å². The van der Waals surface area contributed by atoms with Gasteiger partial charge in [0.1, 0.15) is 17.7 Å². The van der Waals surface area contributed by atoms with Gasteiger partial charge in [-0.05, 0) is 67.1 Å². The fourth-order valence-corrected chi connectivity index (χ4v) is 7.17. The molecule has 3 atom stereocenters. The van der Waals surface area contributed by atoms with Crippen molar-refractivity contribution in [3.05, 3.63) is 77.2 Å². The molecule has 1 aromatic heterocycles. The number of aromatic nitrogens is 1. The normalized spacial score (nSPS) is 19.7. The van der Waals surface area contributed by atoms with E-state index in [-0.39, 0.29) is 24.6 Å². The maximum Gasteiger partial charge on any atom is 0.304 e. The maximum absolute atomic E-state index is 15.1. The molecule has 1 aliphatic carbocycles. The lowest BCUT2D eigenvalue weighted by molar-refractivity contribution is -0.137. The van der Waals surface area contributed by atoms with Gasteiger partial charge >= 0.3 is 5.97 Å². The Hall–Kier alpha value is -3.94. The topological polar surface area (TPSA) is 115 Å². The molecule has 220 valence electrons. The first-order valence-corrected chi connectivity index (χ1v) is 15.7. The molecule has 1 saturated heterocycles. The van der Waals surface area contributed by atoms with Crippen LogP contribution in [-0.2, 0) is 21.1 Å². The number of nitrogens with zero attached hydrogens (tertiary/aromatic N) is 1. The number of sulfone groups is 1. The number of carboxylic acids is 1. The number of fused-ring (bicyclic) bond motifs is 1. The molecular formula is C32H33FN2O6S. The molecule has 2 N–H and O–H groups in total. The molecule has 0 radical (unpaired) electrons. The molecule has 1 aliphatic heterocycles. The van der Waals surface area contributed by atoms with Gasteiger partial charge in [0.2, 0.25) is 5.88 Å². The molecule has 2 aliphatic rings. The summed E-state index contributed by atoms with van der Waals surface area (Å²) in [5.74, 6) is 5.19. The Bertz CT molecular complexity index is 1600. The number of rotatable bonds is 10. The number of aliphatic carboxylic acids is 1. The van der Waals surface area contributed by atoms with Crippen LogP contribution >= 0.6 is 0 Å². The Morgan fingerprint density at radius 2 is 2.00 bits per heavy atom. The van der Waals surface area contributed by atoms with Gasteiger partial charge in [-0.1, -0.05) is 24.1 Å². The van der Waals surface area contributed by atoms with E-state index in [1.165, 1.54) is 6.07 Å². The zero-order valence-electron chi connectivity index (χ0n) is 23.3. The van der Waals surface area contributed by atoms with Crippen molar-refractivity contribution in [3.8, 4) is 34.6 Å².